The van der Waals surface area contributed by atoms with Crippen LogP contribution in [0.25, 0.3) is 0 Å². The van der Waals surface area contributed by atoms with E-state index < -0.39 is 27.3 Å². The highest BCUT2D eigenvalue weighted by molar-refractivity contribution is 7.92. The second-order valence-electron chi connectivity index (χ2n) is 2.71. The first kappa shape index (κ1) is 9.85. The van der Waals surface area contributed by atoms with E-state index in [1.54, 1.807) is 0 Å². The maximum absolute atomic E-state index is 11.8. The third-order valence-electron chi connectivity index (χ3n) is 1.75. The molecular weight excluding hydrogens is 190 g/mol. The summed E-state index contributed by atoms with van der Waals surface area (Å²) in [6.07, 6.45) is -2.44. The van der Waals surface area contributed by atoms with Gasteiger partial charge in [0.05, 0.1) is 11.9 Å². The molecule has 1 rings (SSSR count). The Morgan fingerprint density at radius 1 is 1.50 bits per heavy atom. The van der Waals surface area contributed by atoms with Gasteiger partial charge >= 0.3 is 0 Å². The van der Waals surface area contributed by atoms with Gasteiger partial charge in [0, 0.05) is 6.61 Å². The van der Waals surface area contributed by atoms with E-state index in [1.165, 1.54) is 0 Å². The summed E-state index contributed by atoms with van der Waals surface area (Å²) < 4.78 is 50.5. The van der Waals surface area contributed by atoms with Gasteiger partial charge in [-0.25, -0.2) is 17.2 Å². The van der Waals surface area contributed by atoms with E-state index in [-0.39, 0.29) is 6.61 Å². The van der Waals surface area contributed by atoms with Crippen molar-refractivity contribution < 1.29 is 21.9 Å². The molecule has 0 N–H and O–H groups in total. The topological polar surface area (TPSA) is 43.4 Å². The van der Waals surface area contributed by atoms with Crippen LogP contribution >= 0.6 is 0 Å². The predicted molar refractivity (Wildman–Crippen MR) is 39.0 cm³/mol. The summed E-state index contributed by atoms with van der Waals surface area (Å²) in [7, 11) is -3.63. The summed E-state index contributed by atoms with van der Waals surface area (Å²) in [6, 6.07) is 0. The minimum absolute atomic E-state index is 0.0645. The SMILES string of the molecule is O=S(=O)(CC(F)F)C1CCOC1. The Morgan fingerprint density at radius 3 is 2.58 bits per heavy atom. The van der Waals surface area contributed by atoms with Crippen LogP contribution in [0.4, 0.5) is 8.78 Å². The molecule has 0 spiro atoms. The molecule has 1 unspecified atom stereocenters. The molecule has 1 aliphatic rings. The molecule has 0 bridgehead atoms. The number of alkyl halides is 2. The fourth-order valence-corrected chi connectivity index (χ4v) is 2.49. The van der Waals surface area contributed by atoms with Crippen molar-refractivity contribution in [1.82, 2.24) is 0 Å². The molecule has 1 heterocycles. The van der Waals surface area contributed by atoms with Crippen LogP contribution in [-0.4, -0.2) is 39.1 Å². The van der Waals surface area contributed by atoms with Crippen LogP contribution in [0.5, 0.6) is 0 Å². The molecule has 6 heteroatoms. The van der Waals surface area contributed by atoms with Gasteiger partial charge in [-0.05, 0) is 6.42 Å². The Balaban J connectivity index is 2.58. The van der Waals surface area contributed by atoms with Crippen LogP contribution in [0.3, 0.4) is 0 Å². The molecule has 12 heavy (non-hydrogen) atoms. The number of hydrogen-bond donors (Lipinski definition) is 0. The lowest BCUT2D eigenvalue weighted by molar-refractivity contribution is 0.173. The second-order valence-corrected chi connectivity index (χ2v) is 5.03. The van der Waals surface area contributed by atoms with E-state index in [0.717, 1.165) is 0 Å². The Bertz CT molecular complexity index is 231. The highest BCUT2D eigenvalue weighted by Crippen LogP contribution is 2.16. The van der Waals surface area contributed by atoms with Crippen molar-refractivity contribution in [2.24, 2.45) is 0 Å². The van der Waals surface area contributed by atoms with Crippen LogP contribution in [0.2, 0.25) is 0 Å². The molecule has 1 saturated heterocycles. The van der Waals surface area contributed by atoms with Crippen LogP contribution in [-0.2, 0) is 14.6 Å². The van der Waals surface area contributed by atoms with Crippen LogP contribution in [0.1, 0.15) is 6.42 Å². The first-order valence-corrected chi connectivity index (χ1v) is 5.31. The first-order chi connectivity index (χ1) is 5.52. The molecule has 0 amide bonds. The van der Waals surface area contributed by atoms with E-state index in [1.807, 2.05) is 0 Å². The quantitative estimate of drug-likeness (QED) is 0.664. The van der Waals surface area contributed by atoms with E-state index >= 15 is 0 Å². The van der Waals surface area contributed by atoms with Crippen molar-refractivity contribution in [3.8, 4) is 0 Å². The number of ether oxygens (including phenoxy) is 1. The number of sulfone groups is 1. The van der Waals surface area contributed by atoms with E-state index in [0.29, 0.717) is 13.0 Å². The molecule has 1 aliphatic heterocycles. The second kappa shape index (κ2) is 3.66. The largest absolute Gasteiger partial charge is 0.380 e. The predicted octanol–water partition coefficient (Wildman–Crippen LogP) is 0.455. The van der Waals surface area contributed by atoms with Crippen molar-refractivity contribution in [3.63, 3.8) is 0 Å². The smallest absolute Gasteiger partial charge is 0.252 e. The fourth-order valence-electron chi connectivity index (χ4n) is 1.11. The Morgan fingerprint density at radius 2 is 2.17 bits per heavy atom. The number of rotatable bonds is 3. The number of halogens is 2. The van der Waals surface area contributed by atoms with Gasteiger partial charge in [-0.1, -0.05) is 0 Å². The lowest BCUT2D eigenvalue weighted by Crippen LogP contribution is -2.27. The molecule has 1 atom stereocenters. The van der Waals surface area contributed by atoms with Crippen molar-refractivity contribution in [2.75, 3.05) is 19.0 Å². The molecule has 0 aliphatic carbocycles. The number of hydrogen-bond acceptors (Lipinski definition) is 3. The minimum atomic E-state index is -3.63. The van der Waals surface area contributed by atoms with Crippen LogP contribution in [0, 0.1) is 0 Å². The van der Waals surface area contributed by atoms with E-state index in [4.69, 9.17) is 4.74 Å². The highest BCUT2D eigenvalue weighted by atomic mass is 32.2. The van der Waals surface area contributed by atoms with Gasteiger partial charge in [0.25, 0.3) is 6.43 Å². The standard InChI is InChI=1S/C6H10F2O3S/c7-6(8)4-12(9,10)5-1-2-11-3-5/h5-6H,1-4H2. The van der Waals surface area contributed by atoms with Crippen molar-refractivity contribution in [1.29, 1.82) is 0 Å². The summed E-state index contributed by atoms with van der Waals surface area (Å²) in [5.41, 5.74) is 0. The first-order valence-electron chi connectivity index (χ1n) is 3.60. The lowest BCUT2D eigenvalue weighted by atomic mass is 10.4. The van der Waals surface area contributed by atoms with Gasteiger partial charge in [0.1, 0.15) is 5.75 Å². The Kier molecular flexibility index (Phi) is 3.00. The zero-order valence-corrected chi connectivity index (χ0v) is 7.19. The van der Waals surface area contributed by atoms with Gasteiger partial charge in [-0.3, -0.25) is 0 Å². The maximum Gasteiger partial charge on any atom is 0.252 e. The van der Waals surface area contributed by atoms with E-state index in [2.05, 4.69) is 0 Å². The zero-order valence-electron chi connectivity index (χ0n) is 6.37. The molecule has 0 saturated carbocycles. The summed E-state index contributed by atoms with van der Waals surface area (Å²) in [5, 5.41) is -0.716. The van der Waals surface area contributed by atoms with Gasteiger partial charge in [-0.2, -0.15) is 0 Å². The third-order valence-corrected chi connectivity index (χ3v) is 3.86. The van der Waals surface area contributed by atoms with E-state index in [9.17, 15) is 17.2 Å². The zero-order chi connectivity index (χ0) is 9.19. The Hall–Kier alpha value is -0.230. The third kappa shape index (κ3) is 2.38. The molecular formula is C6H10F2O3S. The molecule has 1 fully saturated rings. The molecule has 0 aromatic rings. The van der Waals surface area contributed by atoms with Gasteiger partial charge < -0.3 is 4.74 Å². The van der Waals surface area contributed by atoms with Gasteiger partial charge in [-0.15, -0.1) is 0 Å². The lowest BCUT2D eigenvalue weighted by Gasteiger charge is -2.08. The van der Waals surface area contributed by atoms with Gasteiger partial charge in [0.15, 0.2) is 9.84 Å². The van der Waals surface area contributed by atoms with Crippen molar-refractivity contribution in [2.45, 2.75) is 18.1 Å². The van der Waals surface area contributed by atoms with Gasteiger partial charge in [0.2, 0.25) is 0 Å². The molecule has 72 valence electrons. The van der Waals surface area contributed by atoms with Crippen molar-refractivity contribution in [3.05, 3.63) is 0 Å². The fraction of sp³-hybridized carbons (Fsp3) is 1.00. The molecule has 0 aromatic carbocycles. The molecule has 3 nitrogen and oxygen atoms in total. The highest BCUT2D eigenvalue weighted by Gasteiger charge is 2.31. The average molecular weight is 200 g/mol. The average Bonchev–Trinajstić information content (AvgIpc) is 2.32. The molecule has 0 aromatic heterocycles. The van der Waals surface area contributed by atoms with Crippen molar-refractivity contribution >= 4 is 9.84 Å². The normalized spacial score (nSPS) is 25.1. The minimum Gasteiger partial charge on any atom is -0.380 e. The summed E-state index contributed by atoms with van der Waals surface area (Å²) in [6.45, 7) is 0.419. The Labute approximate surface area is 69.6 Å². The van der Waals surface area contributed by atoms with Crippen LogP contribution in [0.15, 0.2) is 0 Å². The molecule has 0 radical (unpaired) electrons. The monoisotopic (exact) mass is 200 g/mol. The summed E-state index contributed by atoms with van der Waals surface area (Å²) in [4.78, 5) is 0. The summed E-state index contributed by atoms with van der Waals surface area (Å²) >= 11 is 0. The van der Waals surface area contributed by atoms with Crippen LogP contribution < -0.4 is 0 Å². The maximum atomic E-state index is 11.8. The summed E-state index contributed by atoms with van der Waals surface area (Å²) in [5.74, 6) is -1.04.